The molecule has 2 rings (SSSR count). The number of halogens is 3. The van der Waals surface area contributed by atoms with E-state index in [1.54, 1.807) is 0 Å². The quantitative estimate of drug-likeness (QED) is 0.857. The van der Waals surface area contributed by atoms with Crippen LogP contribution >= 0.6 is 0 Å². The molecule has 0 heterocycles. The molecule has 1 fully saturated rings. The van der Waals surface area contributed by atoms with Crippen molar-refractivity contribution in [3.63, 3.8) is 0 Å². The van der Waals surface area contributed by atoms with Crippen LogP contribution in [0, 0.1) is 5.92 Å². The van der Waals surface area contributed by atoms with Gasteiger partial charge in [0.2, 0.25) is 0 Å². The number of rotatable bonds is 4. The molecular formula is C13H13F3O3. The molecule has 3 nitrogen and oxygen atoms in total. The van der Waals surface area contributed by atoms with Crippen molar-refractivity contribution >= 4 is 5.97 Å². The van der Waals surface area contributed by atoms with Gasteiger partial charge in [-0.3, -0.25) is 4.79 Å². The number of carbonyl (C=O) groups is 1. The lowest BCUT2D eigenvalue weighted by atomic mass is 10.0. The van der Waals surface area contributed by atoms with Gasteiger partial charge < -0.3 is 9.84 Å². The molecule has 1 N–H and O–H groups in total. The van der Waals surface area contributed by atoms with Gasteiger partial charge in [-0.2, -0.15) is 13.2 Å². The molecule has 104 valence electrons. The second-order valence-corrected chi connectivity index (χ2v) is 4.42. The first kappa shape index (κ1) is 13.9. The fourth-order valence-electron chi connectivity index (χ4n) is 2.13. The molecule has 2 atom stereocenters. The number of aliphatic hydroxyl groups excluding tert-OH is 1. The molecule has 1 aliphatic carbocycles. The average molecular weight is 274 g/mol. The van der Waals surface area contributed by atoms with E-state index in [0.29, 0.717) is 6.42 Å². The summed E-state index contributed by atoms with van der Waals surface area (Å²) in [6.07, 6.45) is -4.06. The van der Waals surface area contributed by atoms with Crippen LogP contribution in [0.15, 0.2) is 24.3 Å². The summed E-state index contributed by atoms with van der Waals surface area (Å²) in [7, 11) is 0. The Labute approximate surface area is 108 Å². The smallest absolute Gasteiger partial charge is 0.416 e. The molecule has 0 amide bonds. The van der Waals surface area contributed by atoms with Crippen molar-refractivity contribution in [1.29, 1.82) is 0 Å². The fourth-order valence-corrected chi connectivity index (χ4v) is 2.13. The first-order valence-corrected chi connectivity index (χ1v) is 5.88. The van der Waals surface area contributed by atoms with Crippen molar-refractivity contribution in [2.45, 2.75) is 18.5 Å². The summed E-state index contributed by atoms with van der Waals surface area (Å²) in [5.41, 5.74) is -0.557. The molecule has 6 heteroatoms. The van der Waals surface area contributed by atoms with Crippen molar-refractivity contribution in [3.8, 4) is 0 Å². The molecule has 0 spiro atoms. The van der Waals surface area contributed by atoms with Crippen LogP contribution in [0.1, 0.15) is 23.5 Å². The van der Waals surface area contributed by atoms with Gasteiger partial charge in [-0.1, -0.05) is 18.2 Å². The Morgan fingerprint density at radius 2 is 2.05 bits per heavy atom. The molecular weight excluding hydrogens is 261 g/mol. The Kier molecular flexibility index (Phi) is 3.80. The Hall–Kier alpha value is -1.56. The molecule has 1 aromatic rings. The van der Waals surface area contributed by atoms with E-state index in [4.69, 9.17) is 9.84 Å². The molecule has 1 saturated carbocycles. The van der Waals surface area contributed by atoms with Gasteiger partial charge in [-0.05, 0) is 24.0 Å². The van der Waals surface area contributed by atoms with E-state index < -0.39 is 29.5 Å². The maximum Gasteiger partial charge on any atom is 0.416 e. The van der Waals surface area contributed by atoms with Gasteiger partial charge in [0.25, 0.3) is 0 Å². The zero-order valence-electron chi connectivity index (χ0n) is 9.98. The number of hydrogen-bond acceptors (Lipinski definition) is 3. The highest BCUT2D eigenvalue weighted by atomic mass is 19.4. The average Bonchev–Trinajstić information content (AvgIpc) is 3.15. The molecule has 0 unspecified atom stereocenters. The summed E-state index contributed by atoms with van der Waals surface area (Å²) in [5, 5.41) is 8.53. The van der Waals surface area contributed by atoms with Crippen molar-refractivity contribution in [2.24, 2.45) is 5.92 Å². The summed E-state index contributed by atoms with van der Waals surface area (Å²) in [6, 6.07) is 5.27. The zero-order valence-corrected chi connectivity index (χ0v) is 9.98. The van der Waals surface area contributed by atoms with E-state index in [1.807, 2.05) is 0 Å². The normalized spacial score (nSPS) is 22.1. The number of alkyl halides is 3. The topological polar surface area (TPSA) is 46.5 Å². The Morgan fingerprint density at radius 1 is 1.37 bits per heavy atom. The maximum atomic E-state index is 12.8. The second-order valence-electron chi connectivity index (χ2n) is 4.42. The van der Waals surface area contributed by atoms with Crippen LogP contribution in [-0.4, -0.2) is 24.3 Å². The fraction of sp³-hybridized carbons (Fsp3) is 0.462. The number of hydrogen-bond donors (Lipinski definition) is 1. The molecule has 1 aromatic carbocycles. The summed E-state index contributed by atoms with van der Waals surface area (Å²) in [4.78, 5) is 11.5. The highest BCUT2D eigenvalue weighted by Gasteiger charge is 2.48. The van der Waals surface area contributed by atoms with Crippen LogP contribution in [0.4, 0.5) is 13.2 Å². The molecule has 0 saturated heterocycles. The highest BCUT2D eigenvalue weighted by Crippen LogP contribution is 2.51. The monoisotopic (exact) mass is 274 g/mol. The standard InChI is InChI=1S/C13H13F3O3/c14-13(15,16)11-4-2-1-3-8(11)9-7-10(9)12(18)19-6-5-17/h1-4,9-10,17H,5-7H2/t9-,10-/m0/s1. The molecule has 1 aliphatic rings. The third-order valence-corrected chi connectivity index (χ3v) is 3.09. The summed E-state index contributed by atoms with van der Waals surface area (Å²) in [6.45, 7) is -0.411. The number of ether oxygens (including phenoxy) is 1. The Morgan fingerprint density at radius 3 is 2.68 bits per heavy atom. The SMILES string of the molecule is O=C(OCCO)[C@H]1C[C@H]1c1ccccc1C(F)(F)F. The van der Waals surface area contributed by atoms with E-state index in [1.165, 1.54) is 18.2 Å². The van der Waals surface area contributed by atoms with Crippen molar-refractivity contribution in [2.75, 3.05) is 13.2 Å². The molecule has 0 radical (unpaired) electrons. The predicted octanol–water partition coefficient (Wildman–Crippen LogP) is 2.34. The van der Waals surface area contributed by atoms with Gasteiger partial charge in [0.1, 0.15) is 6.61 Å². The lowest BCUT2D eigenvalue weighted by Crippen LogP contribution is -2.13. The van der Waals surface area contributed by atoms with Crippen LogP contribution in [-0.2, 0) is 15.7 Å². The number of benzene rings is 1. The lowest BCUT2D eigenvalue weighted by molar-refractivity contribution is -0.146. The summed E-state index contributed by atoms with van der Waals surface area (Å²) < 4.78 is 43.2. The van der Waals surface area contributed by atoms with Gasteiger partial charge in [0.15, 0.2) is 0 Å². The van der Waals surface area contributed by atoms with E-state index in [0.717, 1.165) is 6.07 Å². The maximum absolute atomic E-state index is 12.8. The first-order chi connectivity index (χ1) is 8.95. The largest absolute Gasteiger partial charge is 0.463 e. The predicted molar refractivity (Wildman–Crippen MR) is 60.3 cm³/mol. The minimum atomic E-state index is -4.42. The molecule has 19 heavy (non-hydrogen) atoms. The van der Waals surface area contributed by atoms with Crippen molar-refractivity contribution < 1.29 is 27.8 Å². The van der Waals surface area contributed by atoms with Gasteiger partial charge in [-0.25, -0.2) is 0 Å². The molecule has 0 aromatic heterocycles. The lowest BCUT2D eigenvalue weighted by Gasteiger charge is -2.12. The zero-order chi connectivity index (χ0) is 14.0. The van der Waals surface area contributed by atoms with E-state index in [2.05, 4.69) is 0 Å². The summed E-state index contributed by atoms with van der Waals surface area (Å²) in [5.74, 6) is -1.52. The number of carbonyl (C=O) groups excluding carboxylic acids is 1. The van der Waals surface area contributed by atoms with Crippen LogP contribution < -0.4 is 0 Å². The Balaban J connectivity index is 2.11. The van der Waals surface area contributed by atoms with Gasteiger partial charge in [0.05, 0.1) is 18.1 Å². The van der Waals surface area contributed by atoms with Gasteiger partial charge >= 0.3 is 12.1 Å². The highest BCUT2D eigenvalue weighted by molar-refractivity contribution is 5.77. The minimum absolute atomic E-state index is 0.122. The van der Waals surface area contributed by atoms with Crippen LogP contribution in [0.25, 0.3) is 0 Å². The second kappa shape index (κ2) is 5.21. The van der Waals surface area contributed by atoms with Crippen LogP contribution in [0.5, 0.6) is 0 Å². The van der Waals surface area contributed by atoms with Crippen molar-refractivity contribution in [3.05, 3.63) is 35.4 Å². The minimum Gasteiger partial charge on any atom is -0.463 e. The number of aliphatic hydroxyl groups is 1. The van der Waals surface area contributed by atoms with E-state index >= 15 is 0 Å². The summed E-state index contributed by atoms with van der Waals surface area (Å²) >= 11 is 0. The third-order valence-electron chi connectivity index (χ3n) is 3.09. The van der Waals surface area contributed by atoms with Crippen LogP contribution in [0.3, 0.4) is 0 Å². The first-order valence-electron chi connectivity index (χ1n) is 5.88. The Bertz CT molecular complexity index is 470. The van der Waals surface area contributed by atoms with E-state index in [-0.39, 0.29) is 18.8 Å². The van der Waals surface area contributed by atoms with Gasteiger partial charge in [-0.15, -0.1) is 0 Å². The van der Waals surface area contributed by atoms with E-state index in [9.17, 15) is 18.0 Å². The molecule has 0 bridgehead atoms. The van der Waals surface area contributed by atoms with Gasteiger partial charge in [0, 0.05) is 0 Å². The molecule has 0 aliphatic heterocycles. The van der Waals surface area contributed by atoms with Crippen molar-refractivity contribution in [1.82, 2.24) is 0 Å². The van der Waals surface area contributed by atoms with Crippen LogP contribution in [0.2, 0.25) is 0 Å². The number of esters is 1. The third kappa shape index (κ3) is 3.07.